The van der Waals surface area contributed by atoms with E-state index in [1.54, 1.807) is 0 Å². The normalized spacial score (nSPS) is 22.8. The van der Waals surface area contributed by atoms with Gasteiger partial charge in [-0.3, -0.25) is 10.1 Å². The van der Waals surface area contributed by atoms with Crippen LogP contribution >= 0.6 is 0 Å². The van der Waals surface area contributed by atoms with Gasteiger partial charge < -0.3 is 5.32 Å². The van der Waals surface area contributed by atoms with Gasteiger partial charge in [-0.2, -0.15) is 0 Å². The fourth-order valence-corrected chi connectivity index (χ4v) is 4.07. The van der Waals surface area contributed by atoms with E-state index in [4.69, 9.17) is 5.14 Å². The molecule has 3 rings (SSSR count). The van der Waals surface area contributed by atoms with Crippen LogP contribution in [0.2, 0.25) is 0 Å². The first-order valence-electron chi connectivity index (χ1n) is 7.29. The maximum atomic E-state index is 11.9. The highest BCUT2D eigenvalue weighted by atomic mass is 32.2. The maximum Gasteiger partial charge on any atom is 0.0991 e. The van der Waals surface area contributed by atoms with Crippen LogP contribution in [0.3, 0.4) is 0 Å². The first-order valence-corrected chi connectivity index (χ1v) is 8.50. The van der Waals surface area contributed by atoms with Gasteiger partial charge in [-0.15, -0.1) is 0 Å². The van der Waals surface area contributed by atoms with Gasteiger partial charge in [-0.1, -0.05) is 0 Å². The lowest BCUT2D eigenvalue weighted by Crippen LogP contribution is -2.37. The van der Waals surface area contributed by atoms with Crippen molar-refractivity contribution in [1.82, 2.24) is 10.3 Å². The number of pyridine rings is 1. The number of hydrogen-bond donors (Lipinski definition) is 2. The second kappa shape index (κ2) is 4.90. The molecular formula is C15H23N3OS. The second-order valence-electron chi connectivity index (χ2n) is 6.70. The molecular weight excluding hydrogens is 270 g/mol. The zero-order chi connectivity index (χ0) is 14.4. The van der Waals surface area contributed by atoms with Crippen molar-refractivity contribution in [3.8, 4) is 0 Å². The Hall–Kier alpha value is -0.780. The molecule has 2 heterocycles. The van der Waals surface area contributed by atoms with Crippen LogP contribution in [-0.4, -0.2) is 22.3 Å². The highest BCUT2D eigenvalue weighted by Gasteiger charge is 2.42. The minimum atomic E-state index is -1.38. The molecule has 110 valence electrons. The molecule has 1 aliphatic heterocycles. The molecule has 0 amide bonds. The van der Waals surface area contributed by atoms with Gasteiger partial charge in [-0.25, -0.2) is 4.21 Å². The van der Waals surface area contributed by atoms with Crippen molar-refractivity contribution in [2.24, 2.45) is 10.6 Å². The predicted molar refractivity (Wildman–Crippen MR) is 81.5 cm³/mol. The molecule has 1 fully saturated rings. The number of nitrogens with zero attached hydrogens (tertiary/aromatic N) is 1. The van der Waals surface area contributed by atoms with Gasteiger partial charge in [0.05, 0.1) is 15.7 Å². The Morgan fingerprint density at radius 1 is 1.35 bits per heavy atom. The zero-order valence-corrected chi connectivity index (χ0v) is 13.1. The van der Waals surface area contributed by atoms with Crippen molar-refractivity contribution in [3.63, 3.8) is 0 Å². The van der Waals surface area contributed by atoms with Gasteiger partial charge in [0.15, 0.2) is 0 Å². The molecule has 1 aliphatic carbocycles. The third-order valence-electron chi connectivity index (χ3n) is 5.06. The third kappa shape index (κ3) is 2.22. The topological polar surface area (TPSA) is 68.0 Å². The molecule has 2 aliphatic rings. The van der Waals surface area contributed by atoms with Gasteiger partial charge >= 0.3 is 0 Å². The number of nitrogens with two attached hydrogens (primary N) is 1. The summed E-state index contributed by atoms with van der Waals surface area (Å²) in [7, 11) is -1.38. The largest absolute Gasteiger partial charge is 0.317 e. The second-order valence-corrected chi connectivity index (χ2v) is 8.31. The molecule has 1 aromatic rings. The molecule has 4 nitrogen and oxygen atoms in total. The maximum absolute atomic E-state index is 11.9. The molecule has 0 saturated carbocycles. The highest BCUT2D eigenvalue weighted by Crippen LogP contribution is 2.45. The monoisotopic (exact) mass is 293 g/mol. The minimum absolute atomic E-state index is 0.364. The van der Waals surface area contributed by atoms with Gasteiger partial charge in [0, 0.05) is 11.9 Å². The van der Waals surface area contributed by atoms with E-state index in [2.05, 4.69) is 10.3 Å². The van der Waals surface area contributed by atoms with Crippen LogP contribution in [0.25, 0.3) is 0 Å². The van der Waals surface area contributed by atoms with Crippen molar-refractivity contribution < 1.29 is 4.21 Å². The SMILES string of the molecule is CC(C)(c1ccnc2c1CC1(CCNCC1)C2)[S@@](N)=O. The van der Waals surface area contributed by atoms with E-state index in [9.17, 15) is 4.21 Å². The lowest BCUT2D eigenvalue weighted by Gasteiger charge is -2.33. The summed E-state index contributed by atoms with van der Waals surface area (Å²) >= 11 is 0. The molecule has 1 spiro atoms. The Kier molecular flexibility index (Phi) is 3.47. The smallest absolute Gasteiger partial charge is 0.0991 e. The van der Waals surface area contributed by atoms with Crippen LogP contribution in [0, 0.1) is 5.41 Å². The molecule has 1 aromatic heterocycles. The Morgan fingerprint density at radius 3 is 2.70 bits per heavy atom. The average Bonchev–Trinajstić information content (AvgIpc) is 2.76. The number of piperidine rings is 1. The summed E-state index contributed by atoms with van der Waals surface area (Å²) in [4.78, 5) is 4.58. The van der Waals surface area contributed by atoms with E-state index in [1.165, 1.54) is 24.1 Å². The minimum Gasteiger partial charge on any atom is -0.317 e. The van der Waals surface area contributed by atoms with Crippen molar-refractivity contribution in [3.05, 3.63) is 29.1 Å². The van der Waals surface area contributed by atoms with Gasteiger partial charge in [0.1, 0.15) is 0 Å². The fraction of sp³-hybridized carbons (Fsp3) is 0.667. The summed E-state index contributed by atoms with van der Waals surface area (Å²) in [5.41, 5.74) is 3.99. The van der Waals surface area contributed by atoms with E-state index in [-0.39, 0.29) is 0 Å². The highest BCUT2D eigenvalue weighted by molar-refractivity contribution is 7.83. The van der Waals surface area contributed by atoms with E-state index < -0.39 is 15.7 Å². The quantitative estimate of drug-likeness (QED) is 0.866. The average molecular weight is 293 g/mol. The van der Waals surface area contributed by atoms with Crippen molar-refractivity contribution in [2.45, 2.75) is 44.3 Å². The lowest BCUT2D eigenvalue weighted by molar-refractivity contribution is 0.214. The molecule has 0 radical (unpaired) electrons. The van der Waals surface area contributed by atoms with Crippen molar-refractivity contribution >= 4 is 11.0 Å². The first-order chi connectivity index (χ1) is 9.45. The van der Waals surface area contributed by atoms with E-state index >= 15 is 0 Å². The van der Waals surface area contributed by atoms with E-state index in [1.807, 2.05) is 26.1 Å². The number of fused-ring (bicyclic) bond motifs is 1. The zero-order valence-electron chi connectivity index (χ0n) is 12.2. The summed E-state index contributed by atoms with van der Waals surface area (Å²) in [6.45, 7) is 6.11. The molecule has 0 aromatic carbocycles. The number of nitrogens with one attached hydrogen (secondary N) is 1. The molecule has 1 saturated heterocycles. The molecule has 5 heteroatoms. The third-order valence-corrected chi connectivity index (χ3v) is 6.28. The number of rotatable bonds is 2. The molecule has 3 N–H and O–H groups in total. The predicted octanol–water partition coefficient (Wildman–Crippen LogP) is 1.41. The van der Waals surface area contributed by atoms with Crippen molar-refractivity contribution in [2.75, 3.05) is 13.1 Å². The van der Waals surface area contributed by atoms with Crippen LogP contribution in [-0.2, 0) is 28.6 Å². The molecule has 0 unspecified atom stereocenters. The van der Waals surface area contributed by atoms with Crippen LogP contribution in [0.1, 0.15) is 43.5 Å². The molecule has 0 bridgehead atoms. The van der Waals surface area contributed by atoms with Crippen LogP contribution in [0.4, 0.5) is 0 Å². The Morgan fingerprint density at radius 2 is 2.05 bits per heavy atom. The number of hydrogen-bond acceptors (Lipinski definition) is 3. The lowest BCUT2D eigenvalue weighted by atomic mass is 9.76. The summed E-state index contributed by atoms with van der Waals surface area (Å²) in [6, 6.07) is 2.00. The Bertz CT molecular complexity index is 550. The van der Waals surface area contributed by atoms with Gasteiger partial charge in [0.2, 0.25) is 0 Å². The van der Waals surface area contributed by atoms with E-state index in [0.717, 1.165) is 31.5 Å². The fourth-order valence-electron chi connectivity index (χ4n) is 3.66. The standard InChI is InChI=1S/C15H23N3OS/c1-14(2,20(16)19)12-3-6-18-13-10-15(9-11(12)13)4-7-17-8-5-15/h3,6,17H,4-5,7-10,16H2,1-2H3/t20-/m0/s1. The van der Waals surface area contributed by atoms with Gasteiger partial charge in [0.25, 0.3) is 0 Å². The van der Waals surface area contributed by atoms with Crippen LogP contribution in [0.15, 0.2) is 12.3 Å². The summed E-state index contributed by atoms with van der Waals surface area (Å²) < 4.78 is 11.4. The summed E-state index contributed by atoms with van der Waals surface area (Å²) in [5, 5.41) is 9.14. The van der Waals surface area contributed by atoms with Crippen LogP contribution < -0.4 is 10.5 Å². The van der Waals surface area contributed by atoms with Crippen LogP contribution in [0.5, 0.6) is 0 Å². The Balaban J connectivity index is 2.00. The number of aromatic nitrogens is 1. The molecule has 20 heavy (non-hydrogen) atoms. The first kappa shape index (κ1) is 14.2. The molecule has 1 atom stereocenters. The Labute approximate surface area is 123 Å². The summed E-state index contributed by atoms with van der Waals surface area (Å²) in [6.07, 6.45) is 6.38. The summed E-state index contributed by atoms with van der Waals surface area (Å²) in [5.74, 6) is 0. The van der Waals surface area contributed by atoms with Gasteiger partial charge in [-0.05, 0) is 75.2 Å². The van der Waals surface area contributed by atoms with E-state index in [0.29, 0.717) is 5.41 Å². The van der Waals surface area contributed by atoms with Crippen molar-refractivity contribution in [1.29, 1.82) is 0 Å².